The molecule has 0 aliphatic heterocycles. The van der Waals surface area contributed by atoms with E-state index in [2.05, 4.69) is 19.2 Å². The topological polar surface area (TPSA) is 58.4 Å². The number of benzene rings is 1. The molecule has 106 valence electrons. The molecule has 0 aromatic heterocycles. The standard InChI is InChI=1S/C15H25N3O/c1-12(2)14(16)9-10-18(3)11-15(19)17-13-7-5-4-6-8-13/h4-8,12,14H,9-11,16H2,1-3H3,(H,17,19). The van der Waals surface area contributed by atoms with Crippen molar-refractivity contribution in [3.63, 3.8) is 0 Å². The minimum atomic E-state index is 0.00631. The van der Waals surface area contributed by atoms with Crippen LogP contribution in [-0.4, -0.2) is 37.0 Å². The molecular formula is C15H25N3O. The van der Waals surface area contributed by atoms with Gasteiger partial charge in [-0.05, 0) is 38.1 Å². The fourth-order valence-electron chi connectivity index (χ4n) is 1.75. The summed E-state index contributed by atoms with van der Waals surface area (Å²) >= 11 is 0. The van der Waals surface area contributed by atoms with Crippen molar-refractivity contribution in [2.75, 3.05) is 25.5 Å². The summed E-state index contributed by atoms with van der Waals surface area (Å²) in [6.07, 6.45) is 0.910. The number of likely N-dealkylation sites (N-methyl/N-ethyl adjacent to an activating group) is 1. The van der Waals surface area contributed by atoms with E-state index in [-0.39, 0.29) is 11.9 Å². The van der Waals surface area contributed by atoms with Crippen LogP contribution in [0.4, 0.5) is 5.69 Å². The van der Waals surface area contributed by atoms with Gasteiger partial charge in [0.2, 0.25) is 5.91 Å². The first kappa shape index (κ1) is 15.7. The van der Waals surface area contributed by atoms with Gasteiger partial charge in [-0.15, -0.1) is 0 Å². The summed E-state index contributed by atoms with van der Waals surface area (Å²) in [4.78, 5) is 13.8. The Kier molecular flexibility index (Phi) is 6.53. The van der Waals surface area contributed by atoms with E-state index >= 15 is 0 Å². The molecule has 0 aliphatic carbocycles. The third-order valence-electron chi connectivity index (χ3n) is 3.17. The maximum absolute atomic E-state index is 11.8. The molecule has 1 aromatic rings. The van der Waals surface area contributed by atoms with Crippen molar-refractivity contribution in [1.29, 1.82) is 0 Å². The fourth-order valence-corrected chi connectivity index (χ4v) is 1.75. The van der Waals surface area contributed by atoms with E-state index in [9.17, 15) is 4.79 Å². The highest BCUT2D eigenvalue weighted by molar-refractivity contribution is 5.92. The quantitative estimate of drug-likeness (QED) is 0.790. The minimum Gasteiger partial charge on any atom is -0.327 e. The molecule has 0 spiro atoms. The molecule has 1 amide bonds. The molecule has 0 aliphatic rings. The number of hydrogen-bond acceptors (Lipinski definition) is 3. The molecule has 0 saturated carbocycles. The van der Waals surface area contributed by atoms with Gasteiger partial charge >= 0.3 is 0 Å². The third-order valence-corrected chi connectivity index (χ3v) is 3.17. The Hall–Kier alpha value is -1.39. The number of carbonyl (C=O) groups excluding carboxylic acids is 1. The Morgan fingerprint density at radius 3 is 2.53 bits per heavy atom. The van der Waals surface area contributed by atoms with Crippen LogP contribution in [0.15, 0.2) is 30.3 Å². The van der Waals surface area contributed by atoms with Gasteiger partial charge in [0.25, 0.3) is 0 Å². The lowest BCUT2D eigenvalue weighted by molar-refractivity contribution is -0.117. The van der Waals surface area contributed by atoms with Crippen molar-refractivity contribution in [2.45, 2.75) is 26.3 Å². The van der Waals surface area contributed by atoms with Gasteiger partial charge in [0.05, 0.1) is 6.54 Å². The second kappa shape index (κ2) is 7.92. The SMILES string of the molecule is CC(C)C(N)CCN(C)CC(=O)Nc1ccccc1. The van der Waals surface area contributed by atoms with Gasteiger partial charge in [0.1, 0.15) is 0 Å². The van der Waals surface area contributed by atoms with Gasteiger partial charge in [0.15, 0.2) is 0 Å². The molecule has 1 atom stereocenters. The number of nitrogens with zero attached hydrogens (tertiary/aromatic N) is 1. The Labute approximate surface area is 116 Å². The molecule has 0 bridgehead atoms. The first-order valence-corrected chi connectivity index (χ1v) is 6.78. The van der Waals surface area contributed by atoms with Crippen LogP contribution < -0.4 is 11.1 Å². The lowest BCUT2D eigenvalue weighted by Crippen LogP contribution is -2.35. The number of anilines is 1. The van der Waals surface area contributed by atoms with Crippen molar-refractivity contribution in [2.24, 2.45) is 11.7 Å². The van der Waals surface area contributed by atoms with Crippen molar-refractivity contribution in [3.8, 4) is 0 Å². The van der Waals surface area contributed by atoms with Crippen LogP contribution in [0.1, 0.15) is 20.3 Å². The molecule has 0 heterocycles. The molecule has 3 N–H and O–H groups in total. The van der Waals surface area contributed by atoms with Crippen molar-refractivity contribution in [1.82, 2.24) is 4.90 Å². The second-order valence-corrected chi connectivity index (χ2v) is 5.35. The zero-order chi connectivity index (χ0) is 14.3. The van der Waals surface area contributed by atoms with E-state index in [0.29, 0.717) is 12.5 Å². The Bertz CT molecular complexity index is 378. The maximum Gasteiger partial charge on any atom is 0.238 e. The predicted molar refractivity (Wildman–Crippen MR) is 80.0 cm³/mol. The number of nitrogens with one attached hydrogen (secondary N) is 1. The smallest absolute Gasteiger partial charge is 0.238 e. The fraction of sp³-hybridized carbons (Fsp3) is 0.533. The molecule has 0 fully saturated rings. The number of hydrogen-bond donors (Lipinski definition) is 2. The van der Waals surface area contributed by atoms with Crippen LogP contribution in [0.5, 0.6) is 0 Å². The Morgan fingerprint density at radius 2 is 1.95 bits per heavy atom. The van der Waals surface area contributed by atoms with Crippen LogP contribution in [0.25, 0.3) is 0 Å². The summed E-state index contributed by atoms with van der Waals surface area (Å²) in [6.45, 7) is 5.46. The number of carbonyl (C=O) groups is 1. The first-order chi connectivity index (χ1) is 8.99. The zero-order valence-electron chi connectivity index (χ0n) is 12.1. The predicted octanol–water partition coefficient (Wildman–Crippen LogP) is 1.93. The van der Waals surface area contributed by atoms with E-state index in [1.54, 1.807) is 0 Å². The molecule has 4 heteroatoms. The van der Waals surface area contributed by atoms with Gasteiger partial charge in [-0.2, -0.15) is 0 Å². The van der Waals surface area contributed by atoms with Gasteiger partial charge in [-0.25, -0.2) is 0 Å². The van der Waals surface area contributed by atoms with Gasteiger partial charge in [-0.3, -0.25) is 9.69 Å². The summed E-state index contributed by atoms with van der Waals surface area (Å²) in [5, 5.41) is 2.87. The monoisotopic (exact) mass is 263 g/mol. The summed E-state index contributed by atoms with van der Waals surface area (Å²) in [7, 11) is 1.94. The molecule has 1 rings (SSSR count). The van der Waals surface area contributed by atoms with Crippen LogP contribution in [0.2, 0.25) is 0 Å². The number of para-hydroxylation sites is 1. The van der Waals surface area contributed by atoms with E-state index in [4.69, 9.17) is 5.73 Å². The molecule has 1 aromatic carbocycles. The van der Waals surface area contributed by atoms with Crippen molar-refractivity contribution < 1.29 is 4.79 Å². The molecule has 19 heavy (non-hydrogen) atoms. The maximum atomic E-state index is 11.8. The molecule has 0 radical (unpaired) electrons. The van der Waals surface area contributed by atoms with Gasteiger partial charge in [-0.1, -0.05) is 32.0 Å². The van der Waals surface area contributed by atoms with Crippen LogP contribution in [0, 0.1) is 5.92 Å². The number of amides is 1. The zero-order valence-corrected chi connectivity index (χ0v) is 12.1. The highest BCUT2D eigenvalue weighted by Crippen LogP contribution is 2.06. The summed E-state index contributed by atoms with van der Waals surface area (Å²) in [6, 6.07) is 9.69. The number of rotatable bonds is 7. The van der Waals surface area contributed by atoms with E-state index in [1.165, 1.54) is 0 Å². The van der Waals surface area contributed by atoms with E-state index < -0.39 is 0 Å². The lowest BCUT2D eigenvalue weighted by Gasteiger charge is -2.20. The largest absolute Gasteiger partial charge is 0.327 e. The Morgan fingerprint density at radius 1 is 1.32 bits per heavy atom. The van der Waals surface area contributed by atoms with Crippen molar-refractivity contribution >= 4 is 11.6 Å². The average molecular weight is 263 g/mol. The number of nitrogens with two attached hydrogens (primary N) is 1. The molecule has 4 nitrogen and oxygen atoms in total. The Balaban J connectivity index is 2.28. The van der Waals surface area contributed by atoms with Gasteiger partial charge < -0.3 is 11.1 Å². The summed E-state index contributed by atoms with van der Waals surface area (Å²) in [5.74, 6) is 0.485. The van der Waals surface area contributed by atoms with E-state index in [0.717, 1.165) is 18.7 Å². The summed E-state index contributed by atoms with van der Waals surface area (Å²) in [5.41, 5.74) is 6.83. The lowest BCUT2D eigenvalue weighted by atomic mass is 10.0. The van der Waals surface area contributed by atoms with Gasteiger partial charge in [0, 0.05) is 11.7 Å². The highest BCUT2D eigenvalue weighted by atomic mass is 16.2. The molecular weight excluding hydrogens is 238 g/mol. The van der Waals surface area contributed by atoms with Crippen LogP contribution in [0.3, 0.4) is 0 Å². The second-order valence-electron chi connectivity index (χ2n) is 5.35. The third kappa shape index (κ3) is 6.36. The van der Waals surface area contributed by atoms with E-state index in [1.807, 2.05) is 42.3 Å². The normalized spacial score (nSPS) is 12.7. The average Bonchev–Trinajstić information content (AvgIpc) is 2.36. The molecule has 0 saturated heterocycles. The minimum absolute atomic E-state index is 0.00631. The van der Waals surface area contributed by atoms with Crippen LogP contribution in [-0.2, 0) is 4.79 Å². The first-order valence-electron chi connectivity index (χ1n) is 6.78. The van der Waals surface area contributed by atoms with Crippen molar-refractivity contribution in [3.05, 3.63) is 30.3 Å². The van der Waals surface area contributed by atoms with Crippen LogP contribution >= 0.6 is 0 Å². The highest BCUT2D eigenvalue weighted by Gasteiger charge is 2.11. The summed E-state index contributed by atoms with van der Waals surface area (Å²) < 4.78 is 0. The molecule has 1 unspecified atom stereocenters.